The molecule has 1 heterocycles. The van der Waals surface area contributed by atoms with E-state index in [0.717, 1.165) is 47.6 Å². The summed E-state index contributed by atoms with van der Waals surface area (Å²) in [4.78, 5) is 0. The van der Waals surface area contributed by atoms with Crippen LogP contribution in [0, 0.1) is 35.5 Å². The van der Waals surface area contributed by atoms with Gasteiger partial charge in [-0.25, -0.2) is 0 Å². The van der Waals surface area contributed by atoms with Crippen molar-refractivity contribution in [1.82, 2.24) is 5.32 Å². The topological polar surface area (TPSA) is 12.0 Å². The Labute approximate surface area is 147 Å². The third-order valence-corrected chi connectivity index (χ3v) is 6.57. The predicted molar refractivity (Wildman–Crippen MR) is 105 cm³/mol. The normalized spacial score (nSPS) is 29.9. The van der Waals surface area contributed by atoms with Crippen molar-refractivity contribution in [1.29, 1.82) is 0 Å². The maximum Gasteiger partial charge on any atom is 0.00869 e. The molecule has 1 heteroatoms. The summed E-state index contributed by atoms with van der Waals surface area (Å²) in [6, 6.07) is 1.44. The Morgan fingerprint density at radius 2 is 1.48 bits per heavy atom. The van der Waals surface area contributed by atoms with E-state index >= 15 is 0 Å². The van der Waals surface area contributed by atoms with Crippen LogP contribution >= 0.6 is 0 Å². The zero-order valence-electron chi connectivity index (χ0n) is 17.4. The summed E-state index contributed by atoms with van der Waals surface area (Å²) in [6.07, 6.45) is 8.44. The summed E-state index contributed by atoms with van der Waals surface area (Å²) >= 11 is 0. The molecule has 6 unspecified atom stereocenters. The Hall–Kier alpha value is -0.0400. The van der Waals surface area contributed by atoms with E-state index in [4.69, 9.17) is 0 Å². The lowest BCUT2D eigenvalue weighted by atomic mass is 9.69. The van der Waals surface area contributed by atoms with Gasteiger partial charge in [0.2, 0.25) is 0 Å². The van der Waals surface area contributed by atoms with Gasteiger partial charge in [-0.3, -0.25) is 0 Å². The van der Waals surface area contributed by atoms with Gasteiger partial charge in [-0.15, -0.1) is 0 Å². The molecule has 0 aromatic heterocycles. The minimum atomic E-state index is 0.721. The average Bonchev–Trinajstić information content (AvgIpc) is 2.44. The number of rotatable bonds is 11. The van der Waals surface area contributed by atoms with Crippen molar-refractivity contribution in [3.63, 3.8) is 0 Å². The highest BCUT2D eigenvalue weighted by Crippen LogP contribution is 2.38. The van der Waals surface area contributed by atoms with Crippen LogP contribution < -0.4 is 5.32 Å². The van der Waals surface area contributed by atoms with Gasteiger partial charge in [0.1, 0.15) is 0 Å². The molecule has 0 saturated carbocycles. The van der Waals surface area contributed by atoms with Crippen LogP contribution in [0.3, 0.4) is 0 Å². The molecule has 0 radical (unpaired) electrons. The van der Waals surface area contributed by atoms with Crippen molar-refractivity contribution < 1.29 is 0 Å². The largest absolute Gasteiger partial charge is 0.311 e. The Balaban J connectivity index is 2.69. The molecule has 1 aliphatic heterocycles. The second-order valence-electron chi connectivity index (χ2n) is 9.20. The average molecular weight is 324 g/mol. The van der Waals surface area contributed by atoms with E-state index in [1.54, 1.807) is 0 Å². The lowest BCUT2D eigenvalue weighted by Crippen LogP contribution is -2.60. The Morgan fingerprint density at radius 1 is 0.870 bits per heavy atom. The van der Waals surface area contributed by atoms with Gasteiger partial charge in [0.25, 0.3) is 0 Å². The van der Waals surface area contributed by atoms with Crippen molar-refractivity contribution in [3.8, 4) is 0 Å². The first-order valence-electron chi connectivity index (χ1n) is 10.6. The molecule has 0 amide bonds. The first kappa shape index (κ1) is 21.0. The molecule has 1 saturated heterocycles. The molecule has 1 rings (SSSR count). The predicted octanol–water partition coefficient (Wildman–Crippen LogP) is 6.52. The van der Waals surface area contributed by atoms with E-state index in [1.165, 1.54) is 38.5 Å². The lowest BCUT2D eigenvalue weighted by Gasteiger charge is -2.47. The van der Waals surface area contributed by atoms with Crippen molar-refractivity contribution >= 4 is 0 Å². The van der Waals surface area contributed by atoms with E-state index in [2.05, 4.69) is 60.7 Å². The van der Waals surface area contributed by atoms with Crippen LogP contribution in [-0.4, -0.2) is 12.1 Å². The highest BCUT2D eigenvalue weighted by Gasteiger charge is 2.39. The van der Waals surface area contributed by atoms with Crippen molar-refractivity contribution in [3.05, 3.63) is 0 Å². The van der Waals surface area contributed by atoms with Gasteiger partial charge < -0.3 is 5.32 Å². The number of nitrogens with one attached hydrogen (secondary N) is 1. The monoisotopic (exact) mass is 323 g/mol. The number of hydrogen-bond acceptors (Lipinski definition) is 1. The van der Waals surface area contributed by atoms with Crippen LogP contribution in [0.2, 0.25) is 0 Å². The molecule has 1 aliphatic rings. The fourth-order valence-corrected chi connectivity index (χ4v) is 5.39. The molecule has 0 spiro atoms. The van der Waals surface area contributed by atoms with E-state index in [9.17, 15) is 0 Å². The summed E-state index contributed by atoms with van der Waals surface area (Å²) in [5.41, 5.74) is 0. The summed E-state index contributed by atoms with van der Waals surface area (Å²) in [6.45, 7) is 19.3. The van der Waals surface area contributed by atoms with Crippen molar-refractivity contribution in [2.75, 3.05) is 0 Å². The Bertz CT molecular complexity index is 303. The highest BCUT2D eigenvalue weighted by atomic mass is 15.0. The maximum atomic E-state index is 3.64. The molecule has 1 N–H and O–H groups in total. The van der Waals surface area contributed by atoms with Gasteiger partial charge in [0.05, 0.1) is 0 Å². The highest BCUT2D eigenvalue weighted by molar-refractivity contribution is 4.95. The molecule has 1 fully saturated rings. The molecule has 0 aromatic rings. The third-order valence-electron chi connectivity index (χ3n) is 6.57. The van der Waals surface area contributed by atoms with Gasteiger partial charge in [-0.05, 0) is 68.6 Å². The fraction of sp³-hybridized carbons (Fsp3) is 1.00. The van der Waals surface area contributed by atoms with Gasteiger partial charge in [0, 0.05) is 12.1 Å². The van der Waals surface area contributed by atoms with E-state index in [0.29, 0.717) is 0 Å². The molecular weight excluding hydrogens is 278 g/mol. The van der Waals surface area contributed by atoms with Gasteiger partial charge >= 0.3 is 0 Å². The summed E-state index contributed by atoms with van der Waals surface area (Å²) in [5.74, 6) is 5.32. The summed E-state index contributed by atoms with van der Waals surface area (Å²) in [7, 11) is 0. The minimum Gasteiger partial charge on any atom is -0.311 e. The summed E-state index contributed by atoms with van der Waals surface area (Å²) < 4.78 is 0. The van der Waals surface area contributed by atoms with Gasteiger partial charge in [-0.1, -0.05) is 60.8 Å². The van der Waals surface area contributed by atoms with Crippen LogP contribution in [0.25, 0.3) is 0 Å². The van der Waals surface area contributed by atoms with Crippen LogP contribution in [0.5, 0.6) is 0 Å². The Kier molecular flexibility index (Phi) is 9.19. The molecule has 1 nitrogen and oxygen atoms in total. The first-order valence-corrected chi connectivity index (χ1v) is 10.6. The molecule has 138 valence electrons. The SMILES string of the molecule is CCCC(CC)CC(CC(C)C1C(C)NC1C)C(C)CC(C)C. The maximum absolute atomic E-state index is 3.64. The molecule has 6 atom stereocenters. The molecule has 0 aromatic carbocycles. The quantitative estimate of drug-likeness (QED) is 0.456. The van der Waals surface area contributed by atoms with E-state index in [-0.39, 0.29) is 0 Å². The second-order valence-corrected chi connectivity index (χ2v) is 9.20. The third kappa shape index (κ3) is 6.40. The summed E-state index contributed by atoms with van der Waals surface area (Å²) in [5, 5.41) is 3.64. The van der Waals surface area contributed by atoms with Gasteiger partial charge in [0.15, 0.2) is 0 Å². The van der Waals surface area contributed by atoms with Crippen LogP contribution in [0.15, 0.2) is 0 Å². The minimum absolute atomic E-state index is 0.721. The van der Waals surface area contributed by atoms with Crippen LogP contribution in [0.1, 0.15) is 93.9 Å². The second kappa shape index (κ2) is 10.1. The number of hydrogen-bond donors (Lipinski definition) is 1. The van der Waals surface area contributed by atoms with E-state index < -0.39 is 0 Å². The zero-order valence-corrected chi connectivity index (χ0v) is 17.4. The van der Waals surface area contributed by atoms with Crippen LogP contribution in [0.4, 0.5) is 0 Å². The molecule has 23 heavy (non-hydrogen) atoms. The zero-order chi connectivity index (χ0) is 17.6. The van der Waals surface area contributed by atoms with Crippen molar-refractivity contribution in [2.45, 2.75) is 106 Å². The molecule has 0 bridgehead atoms. The standard InChI is InChI=1S/C22H45N/c1-9-11-20(10-2)14-21(16(5)12-15(3)4)13-17(6)22-18(7)23-19(22)8/h15-23H,9-14H2,1-8H3. The van der Waals surface area contributed by atoms with Crippen molar-refractivity contribution in [2.24, 2.45) is 35.5 Å². The molecule has 0 aliphatic carbocycles. The van der Waals surface area contributed by atoms with Crippen LogP contribution in [-0.2, 0) is 0 Å². The van der Waals surface area contributed by atoms with E-state index in [1.807, 2.05) is 0 Å². The van der Waals surface area contributed by atoms with Gasteiger partial charge in [-0.2, -0.15) is 0 Å². The Morgan fingerprint density at radius 3 is 1.91 bits per heavy atom. The lowest BCUT2D eigenvalue weighted by molar-refractivity contribution is 0.0803. The fourth-order valence-electron chi connectivity index (χ4n) is 5.39. The first-order chi connectivity index (χ1) is 10.8. The smallest absolute Gasteiger partial charge is 0.00869 e. The molecular formula is C22H45N.